The Balaban J connectivity index is 3.49. The van der Waals surface area contributed by atoms with Gasteiger partial charge >= 0.3 is 0 Å². The summed E-state index contributed by atoms with van der Waals surface area (Å²) in [5.41, 5.74) is 11.2. The number of carbonyl (C=O) groups is 2. The van der Waals surface area contributed by atoms with Crippen LogP contribution in [-0.4, -0.2) is 30.8 Å². The van der Waals surface area contributed by atoms with Gasteiger partial charge in [-0.1, -0.05) is 19.8 Å². The number of nitrogens with one attached hydrogen (secondary N) is 1. The fourth-order valence-corrected chi connectivity index (χ4v) is 1.93. The zero-order chi connectivity index (χ0) is 15.2. The molecule has 0 rings (SSSR count). The molecule has 118 valence electrons. The maximum Gasteiger partial charge on any atom is 0.219 e. The average molecular weight is 285 g/mol. The van der Waals surface area contributed by atoms with E-state index in [0.717, 1.165) is 44.9 Å². The molecule has 0 aliphatic heterocycles. The number of ketones is 1. The minimum atomic E-state index is -0.347. The van der Waals surface area contributed by atoms with Crippen LogP contribution >= 0.6 is 0 Å². The van der Waals surface area contributed by atoms with Crippen LogP contribution in [0.3, 0.4) is 0 Å². The number of Topliss-reactive ketones (excluding diaryl/α,β-unsaturated/α-hetero) is 1. The summed E-state index contributed by atoms with van der Waals surface area (Å²) in [6.45, 7) is 3.37. The van der Waals surface area contributed by atoms with Crippen molar-refractivity contribution in [3.05, 3.63) is 0 Å². The van der Waals surface area contributed by atoms with Gasteiger partial charge in [0.25, 0.3) is 0 Å². The summed E-state index contributed by atoms with van der Waals surface area (Å²) in [4.78, 5) is 23.1. The smallest absolute Gasteiger partial charge is 0.219 e. The molecule has 5 nitrogen and oxygen atoms in total. The molecule has 0 aliphatic rings. The van der Waals surface area contributed by atoms with Crippen molar-refractivity contribution in [2.75, 3.05) is 13.1 Å². The van der Waals surface area contributed by atoms with Crippen LogP contribution in [0.1, 0.15) is 64.7 Å². The maximum atomic E-state index is 11.7. The van der Waals surface area contributed by atoms with Gasteiger partial charge in [0, 0.05) is 19.4 Å². The molecule has 0 saturated carbocycles. The molecule has 0 fully saturated rings. The molecular weight excluding hydrogens is 254 g/mol. The van der Waals surface area contributed by atoms with Gasteiger partial charge < -0.3 is 16.8 Å². The third-order valence-corrected chi connectivity index (χ3v) is 3.31. The Labute approximate surface area is 122 Å². The summed E-state index contributed by atoms with van der Waals surface area (Å²) >= 11 is 0. The van der Waals surface area contributed by atoms with E-state index in [1.54, 1.807) is 0 Å². The molecule has 0 aromatic rings. The van der Waals surface area contributed by atoms with Crippen LogP contribution in [0.25, 0.3) is 0 Å². The molecular formula is C15H31N3O2. The zero-order valence-electron chi connectivity index (χ0n) is 12.8. The Morgan fingerprint density at radius 1 is 1.05 bits per heavy atom. The first kappa shape index (κ1) is 19.1. The molecule has 20 heavy (non-hydrogen) atoms. The van der Waals surface area contributed by atoms with Crippen molar-refractivity contribution in [2.24, 2.45) is 11.5 Å². The van der Waals surface area contributed by atoms with Crippen molar-refractivity contribution >= 4 is 11.7 Å². The maximum absolute atomic E-state index is 11.7. The highest BCUT2D eigenvalue weighted by molar-refractivity contribution is 5.83. The highest BCUT2D eigenvalue weighted by Gasteiger charge is 2.12. The first-order valence-electron chi connectivity index (χ1n) is 7.86. The molecule has 5 heteroatoms. The third-order valence-electron chi connectivity index (χ3n) is 3.31. The van der Waals surface area contributed by atoms with Gasteiger partial charge in [-0.2, -0.15) is 0 Å². The van der Waals surface area contributed by atoms with Gasteiger partial charge in [-0.15, -0.1) is 0 Å². The summed E-state index contributed by atoms with van der Waals surface area (Å²) in [6, 6.07) is -0.347. The lowest BCUT2D eigenvalue weighted by Gasteiger charge is -2.10. The zero-order valence-corrected chi connectivity index (χ0v) is 12.8. The van der Waals surface area contributed by atoms with E-state index < -0.39 is 0 Å². The van der Waals surface area contributed by atoms with E-state index in [9.17, 15) is 9.59 Å². The monoisotopic (exact) mass is 285 g/mol. The van der Waals surface area contributed by atoms with Gasteiger partial charge in [0.2, 0.25) is 5.91 Å². The van der Waals surface area contributed by atoms with Gasteiger partial charge in [0.15, 0.2) is 0 Å². The average Bonchev–Trinajstić information content (AvgIpc) is 2.44. The van der Waals surface area contributed by atoms with Crippen LogP contribution in [0.15, 0.2) is 0 Å². The molecule has 0 aliphatic carbocycles. The first-order chi connectivity index (χ1) is 9.61. The lowest BCUT2D eigenvalue weighted by Crippen LogP contribution is -2.30. The number of hydrogen-bond acceptors (Lipinski definition) is 4. The highest BCUT2D eigenvalue weighted by Crippen LogP contribution is 2.04. The number of carbonyl (C=O) groups excluding carboxylic acids is 2. The number of hydrogen-bond donors (Lipinski definition) is 3. The summed E-state index contributed by atoms with van der Waals surface area (Å²) < 4.78 is 0. The van der Waals surface area contributed by atoms with Crippen LogP contribution < -0.4 is 16.8 Å². The first-order valence-corrected chi connectivity index (χ1v) is 7.86. The lowest BCUT2D eigenvalue weighted by atomic mass is 10.0. The molecule has 1 atom stereocenters. The summed E-state index contributed by atoms with van der Waals surface area (Å²) in [6.07, 6.45) is 7.25. The second-order valence-electron chi connectivity index (χ2n) is 5.27. The van der Waals surface area contributed by atoms with E-state index in [1.165, 1.54) is 0 Å². The Bertz CT molecular complexity index is 270. The van der Waals surface area contributed by atoms with Gasteiger partial charge in [0.05, 0.1) is 6.04 Å². The highest BCUT2D eigenvalue weighted by atomic mass is 16.1. The van der Waals surface area contributed by atoms with Gasteiger partial charge in [0.1, 0.15) is 5.78 Å². The van der Waals surface area contributed by atoms with Crippen molar-refractivity contribution in [2.45, 2.75) is 70.8 Å². The number of rotatable bonds is 13. The van der Waals surface area contributed by atoms with E-state index in [1.807, 2.05) is 0 Å². The van der Waals surface area contributed by atoms with Gasteiger partial charge in [-0.25, -0.2) is 0 Å². The van der Waals surface area contributed by atoms with Crippen molar-refractivity contribution < 1.29 is 9.59 Å². The van der Waals surface area contributed by atoms with Crippen molar-refractivity contribution in [1.29, 1.82) is 0 Å². The van der Waals surface area contributed by atoms with E-state index in [-0.39, 0.29) is 17.7 Å². The topological polar surface area (TPSA) is 98.2 Å². The second-order valence-corrected chi connectivity index (χ2v) is 5.27. The molecule has 0 saturated heterocycles. The van der Waals surface area contributed by atoms with Crippen LogP contribution in [0.5, 0.6) is 0 Å². The fraction of sp³-hybridized carbons (Fsp3) is 0.867. The van der Waals surface area contributed by atoms with Crippen LogP contribution in [-0.2, 0) is 9.59 Å². The molecule has 0 bridgehead atoms. The molecule has 0 spiro atoms. The van der Waals surface area contributed by atoms with E-state index in [2.05, 4.69) is 12.2 Å². The molecule has 1 amide bonds. The molecule has 0 aromatic heterocycles. The van der Waals surface area contributed by atoms with Crippen LogP contribution in [0, 0.1) is 0 Å². The predicted octanol–water partition coefficient (Wildman–Crippen LogP) is 1.49. The molecule has 0 unspecified atom stereocenters. The summed E-state index contributed by atoms with van der Waals surface area (Å²) in [5.74, 6) is 0.232. The molecule has 0 radical (unpaired) electrons. The van der Waals surface area contributed by atoms with Crippen molar-refractivity contribution in [3.63, 3.8) is 0 Å². The number of amides is 1. The van der Waals surface area contributed by atoms with Crippen LogP contribution in [0.4, 0.5) is 0 Å². The fourth-order valence-electron chi connectivity index (χ4n) is 1.93. The lowest BCUT2D eigenvalue weighted by molar-refractivity contribution is -0.121. The van der Waals surface area contributed by atoms with E-state index in [4.69, 9.17) is 11.5 Å². The second kappa shape index (κ2) is 13.1. The Hall–Kier alpha value is -0.940. The Kier molecular flexibility index (Phi) is 12.4. The third kappa shape index (κ3) is 10.9. The normalized spacial score (nSPS) is 12.2. The number of nitrogens with two attached hydrogens (primary N) is 2. The largest absolute Gasteiger partial charge is 0.356 e. The summed E-state index contributed by atoms with van der Waals surface area (Å²) in [7, 11) is 0. The van der Waals surface area contributed by atoms with Gasteiger partial charge in [-0.3, -0.25) is 9.59 Å². The minimum absolute atomic E-state index is 0.108. The minimum Gasteiger partial charge on any atom is -0.356 e. The standard InChI is InChI=1S/C15H31N3O2/c1-2-3-10-15(20)18-12-7-5-9-14(19)13(17)8-4-6-11-16/h13H,2-12,16-17H2,1H3,(H,18,20)/t13-/m0/s1. The van der Waals surface area contributed by atoms with Crippen molar-refractivity contribution in [1.82, 2.24) is 5.32 Å². The van der Waals surface area contributed by atoms with E-state index >= 15 is 0 Å². The molecule has 0 heterocycles. The SMILES string of the molecule is CCCCC(=O)NCCCCC(=O)[C@@H](N)CCCCN. The van der Waals surface area contributed by atoms with Gasteiger partial charge in [-0.05, 0) is 38.6 Å². The summed E-state index contributed by atoms with van der Waals surface area (Å²) in [5, 5.41) is 2.87. The van der Waals surface area contributed by atoms with Crippen molar-refractivity contribution in [3.8, 4) is 0 Å². The number of unbranched alkanes of at least 4 members (excludes halogenated alkanes) is 3. The molecule has 0 aromatic carbocycles. The Morgan fingerprint density at radius 3 is 2.45 bits per heavy atom. The van der Waals surface area contributed by atoms with E-state index in [0.29, 0.717) is 25.9 Å². The molecule has 5 N–H and O–H groups in total. The van der Waals surface area contributed by atoms with Crippen LogP contribution in [0.2, 0.25) is 0 Å². The Morgan fingerprint density at radius 2 is 1.80 bits per heavy atom. The predicted molar refractivity (Wildman–Crippen MR) is 82.3 cm³/mol. The quantitative estimate of drug-likeness (QED) is 0.446.